The van der Waals surface area contributed by atoms with E-state index < -0.39 is 199 Å². The minimum Gasteiger partial charge on any atom is -0.458 e. The van der Waals surface area contributed by atoms with Crippen LogP contribution in [0.1, 0.15) is 120 Å². The number of aliphatic hydroxyl groups excluding tert-OH is 2. The molecule has 3 rings (SSSR count). The van der Waals surface area contributed by atoms with Gasteiger partial charge in [0.25, 0.3) is 0 Å². The van der Waals surface area contributed by atoms with Crippen LogP contribution in [0.25, 0.3) is 0 Å². The van der Waals surface area contributed by atoms with Gasteiger partial charge in [-0.1, -0.05) is 111 Å². The average molecular weight is 1240 g/mol. The molecule has 18 N–H and O–H groups in total. The summed E-state index contributed by atoms with van der Waals surface area (Å²) in [5.41, 5.74) is 12.1. The van der Waals surface area contributed by atoms with Crippen molar-refractivity contribution in [1.29, 1.82) is 0 Å². The van der Waals surface area contributed by atoms with Crippen molar-refractivity contribution in [3.63, 3.8) is 0 Å². The number of benzene rings is 1. The van der Waals surface area contributed by atoms with Crippen LogP contribution in [0.15, 0.2) is 35.3 Å². The average Bonchev–Trinajstić information content (AvgIpc) is 3.57. The maximum Gasteiger partial charge on any atom is 0.329 e. The number of hydrogen-bond acceptors (Lipinski definition) is 19. The van der Waals surface area contributed by atoms with Gasteiger partial charge in [-0.15, -0.1) is 0 Å². The normalized spacial score (nSPS) is 22.7. The van der Waals surface area contributed by atoms with Gasteiger partial charge in [0.2, 0.25) is 65.0 Å². The zero-order valence-electron chi connectivity index (χ0n) is 52.3. The zero-order valence-corrected chi connectivity index (χ0v) is 52.3. The number of cyclic esters (lactones) is 1. The number of hydrogen-bond donors (Lipinski definition) is 16. The molecule has 11 amide bonds. The van der Waals surface area contributed by atoms with Crippen molar-refractivity contribution in [2.45, 2.75) is 199 Å². The number of rotatable bonds is 32. The summed E-state index contributed by atoms with van der Waals surface area (Å²) in [6.45, 7) is 14.3. The minimum absolute atomic E-state index is 0.0104. The van der Waals surface area contributed by atoms with E-state index in [0.717, 1.165) is 5.56 Å². The SMILES string of the molecule is CC[C@@H](C)[C@@H](NC(=O)[C@@H](CCC(N)=O)NC(=O)[C@H](CO)NC(=O)[C@@H](NC(=O)[C@@H](Cc1ccccc1)NC)[C@@H](C)CC)C(=O)N[C@H](C(=O)N[C@@H](CO)C(=O)N[C@H]1C(=O)N[C@@H](C)C(=O)N[C@@H](C[C@H]2CN=C(N)N2)C(=O)N[C@@H]([C@@H](C)CC)C(=O)O[C@H]1C)[C@@H](C)CC. The smallest absolute Gasteiger partial charge is 0.329 e. The van der Waals surface area contributed by atoms with Crippen LogP contribution in [-0.4, -0.2) is 193 Å². The van der Waals surface area contributed by atoms with Crippen LogP contribution in [0.3, 0.4) is 0 Å². The van der Waals surface area contributed by atoms with E-state index in [4.69, 9.17) is 16.2 Å². The summed E-state index contributed by atoms with van der Waals surface area (Å²) in [5.74, 6) is -13.1. The standard InChI is InChI=1S/C58H95N15O15/c1-12-28(5)42(70-49(79)37(61-11)23-34-19-17-16-18-20-34)53(83)67-39(26-74)51(81)65-36(21-22-41(59)76)48(78)69-44(30(7)14-3)55(85)71-43(29(6)13-2)54(84)68-40(27-75)52(82)73-46-33(10)88-57(87)45(31(8)15-4)72-50(80)38(24-35-25-62-58(60)64-35)66-47(77)32(9)63-56(46)86/h16-20,28-33,35-40,42-46,61,74-75H,12-15,21-27H2,1-11H3,(H2,59,76)(H,63,86)(H,65,81)(H,66,77)(H,67,83)(H,68,84)(H,69,78)(H,70,79)(H,71,85)(H,72,80)(H,73,82)(H3,60,62,64)/t28-,29-,30+,31-,32-,33-,35-,36+,37+,38-,39-,40-,42-,43-,44+,45-,46+/m0/s1. The van der Waals surface area contributed by atoms with Crippen molar-refractivity contribution in [3.05, 3.63) is 35.9 Å². The molecule has 0 radical (unpaired) electrons. The van der Waals surface area contributed by atoms with Crippen LogP contribution in [0.4, 0.5) is 0 Å². The van der Waals surface area contributed by atoms with Gasteiger partial charge in [-0.3, -0.25) is 57.7 Å². The highest BCUT2D eigenvalue weighted by atomic mass is 16.5. The molecule has 1 saturated heterocycles. The highest BCUT2D eigenvalue weighted by Gasteiger charge is 2.41. The fraction of sp³-hybridized carbons (Fsp3) is 0.672. The summed E-state index contributed by atoms with van der Waals surface area (Å²) in [7, 11) is 1.60. The first kappa shape index (κ1) is 74.3. The second-order valence-corrected chi connectivity index (χ2v) is 22.8. The number of primary amides is 1. The molecule has 2 aliphatic heterocycles. The van der Waals surface area contributed by atoms with E-state index in [1.165, 1.54) is 13.8 Å². The highest BCUT2D eigenvalue weighted by Crippen LogP contribution is 2.18. The molecule has 1 fully saturated rings. The van der Waals surface area contributed by atoms with Gasteiger partial charge in [0, 0.05) is 6.42 Å². The molecule has 492 valence electrons. The van der Waals surface area contributed by atoms with Crippen LogP contribution in [-0.2, 0) is 68.7 Å². The molecule has 0 unspecified atom stereocenters. The first-order valence-corrected chi connectivity index (χ1v) is 30.1. The number of aliphatic imine (C=N–C) groups is 1. The second kappa shape index (κ2) is 36.4. The van der Waals surface area contributed by atoms with Gasteiger partial charge >= 0.3 is 5.97 Å². The van der Waals surface area contributed by atoms with E-state index in [1.807, 2.05) is 30.3 Å². The van der Waals surface area contributed by atoms with E-state index in [-0.39, 0.29) is 31.8 Å². The van der Waals surface area contributed by atoms with Gasteiger partial charge in [0.05, 0.1) is 31.8 Å². The fourth-order valence-corrected chi connectivity index (χ4v) is 9.49. The van der Waals surface area contributed by atoms with Gasteiger partial charge < -0.3 is 90.2 Å². The van der Waals surface area contributed by atoms with Gasteiger partial charge in [0.1, 0.15) is 66.5 Å². The third kappa shape index (κ3) is 22.3. The molecule has 0 saturated carbocycles. The number of likely N-dealkylation sites (N-methyl/N-ethyl adjacent to an activating group) is 1. The predicted molar refractivity (Wildman–Crippen MR) is 322 cm³/mol. The quantitative estimate of drug-likeness (QED) is 0.0304. The first-order chi connectivity index (χ1) is 41.6. The number of carbonyl (C=O) groups is 12. The number of nitrogens with zero attached hydrogens (tertiary/aromatic N) is 1. The second-order valence-electron chi connectivity index (χ2n) is 22.8. The van der Waals surface area contributed by atoms with E-state index in [0.29, 0.717) is 19.3 Å². The number of nitrogens with two attached hydrogens (primary N) is 2. The van der Waals surface area contributed by atoms with Crippen LogP contribution < -0.4 is 75.3 Å². The molecule has 0 bridgehead atoms. The molecule has 88 heavy (non-hydrogen) atoms. The summed E-state index contributed by atoms with van der Waals surface area (Å²) in [6.07, 6.45) is -0.755. The number of nitrogens with one attached hydrogen (secondary N) is 12. The van der Waals surface area contributed by atoms with Crippen LogP contribution in [0, 0.1) is 23.7 Å². The molecule has 2 aliphatic rings. The summed E-state index contributed by atoms with van der Waals surface area (Å²) >= 11 is 0. The fourth-order valence-electron chi connectivity index (χ4n) is 9.49. The Labute approximate surface area is 513 Å². The van der Waals surface area contributed by atoms with Crippen molar-refractivity contribution >= 4 is 76.9 Å². The Bertz CT molecular complexity index is 2610. The van der Waals surface area contributed by atoms with Crippen molar-refractivity contribution in [2.75, 3.05) is 26.8 Å². The molecule has 0 aliphatic carbocycles. The van der Waals surface area contributed by atoms with Gasteiger partial charge in [-0.05, 0) is 69.4 Å². The number of aliphatic hydroxyl groups is 2. The van der Waals surface area contributed by atoms with Gasteiger partial charge in [0.15, 0.2) is 5.96 Å². The Kier molecular flexibility index (Phi) is 30.7. The molecule has 1 aromatic rings. The van der Waals surface area contributed by atoms with Gasteiger partial charge in [-0.2, -0.15) is 0 Å². The molecule has 17 atom stereocenters. The van der Waals surface area contributed by atoms with Crippen LogP contribution in [0.5, 0.6) is 0 Å². The highest BCUT2D eigenvalue weighted by molar-refractivity contribution is 5.99. The third-order valence-corrected chi connectivity index (χ3v) is 16.1. The molecule has 30 heteroatoms. The summed E-state index contributed by atoms with van der Waals surface area (Å²) in [4.78, 5) is 170. The van der Waals surface area contributed by atoms with Crippen molar-refractivity contribution < 1.29 is 72.5 Å². The minimum atomic E-state index is -1.82. The van der Waals surface area contributed by atoms with Crippen LogP contribution in [0.2, 0.25) is 0 Å². The Balaban J connectivity index is 1.85. The van der Waals surface area contributed by atoms with Crippen molar-refractivity contribution in [1.82, 2.24) is 63.8 Å². The number of ether oxygens (including phenoxy) is 1. The number of guanidine groups is 1. The lowest BCUT2D eigenvalue weighted by Crippen LogP contribution is -2.63. The lowest BCUT2D eigenvalue weighted by Gasteiger charge is -2.31. The Morgan fingerprint density at radius 3 is 1.59 bits per heavy atom. The Morgan fingerprint density at radius 2 is 1.11 bits per heavy atom. The lowest BCUT2D eigenvalue weighted by atomic mass is 9.94. The van der Waals surface area contributed by atoms with Gasteiger partial charge in [-0.25, -0.2) is 4.79 Å². The molecule has 30 nitrogen and oxygen atoms in total. The monoisotopic (exact) mass is 1240 g/mol. The predicted octanol–water partition coefficient (Wildman–Crippen LogP) is -4.26. The first-order valence-electron chi connectivity index (χ1n) is 30.1. The molecular weight excluding hydrogens is 1150 g/mol. The number of amides is 11. The van der Waals surface area contributed by atoms with E-state index in [2.05, 4.69) is 68.8 Å². The molecule has 0 aromatic heterocycles. The van der Waals surface area contributed by atoms with E-state index >= 15 is 0 Å². The van der Waals surface area contributed by atoms with E-state index in [1.54, 1.807) is 62.4 Å². The summed E-state index contributed by atoms with van der Waals surface area (Å²) < 4.78 is 5.73. The largest absolute Gasteiger partial charge is 0.458 e. The van der Waals surface area contributed by atoms with Crippen molar-refractivity contribution in [3.8, 4) is 0 Å². The summed E-state index contributed by atoms with van der Waals surface area (Å²) in [5, 5.41) is 52.3. The number of carbonyl (C=O) groups excluding carboxylic acids is 12. The maximum atomic E-state index is 14.4. The zero-order chi connectivity index (χ0) is 66.1. The molecule has 0 spiro atoms. The lowest BCUT2D eigenvalue weighted by molar-refractivity contribution is -0.157. The molecule has 1 aromatic carbocycles. The molecule has 2 heterocycles. The Hall–Kier alpha value is -7.99. The van der Waals surface area contributed by atoms with E-state index in [9.17, 15) is 67.7 Å². The summed E-state index contributed by atoms with van der Waals surface area (Å²) in [6, 6.07) is -6.85. The Morgan fingerprint density at radius 1 is 0.625 bits per heavy atom. The number of esters is 1. The maximum absolute atomic E-state index is 14.4. The van der Waals surface area contributed by atoms with Crippen molar-refractivity contribution in [2.24, 2.45) is 40.1 Å². The third-order valence-electron chi connectivity index (χ3n) is 16.1. The van der Waals surface area contributed by atoms with Crippen LogP contribution >= 0.6 is 0 Å². The topological polar surface area (TPSA) is 463 Å². The molecular formula is C58H95N15O15.